The molecule has 0 amide bonds. The molecule has 0 aromatic carbocycles. The molecule has 1 atom stereocenters. The molecule has 100 valence electrons. The summed E-state index contributed by atoms with van der Waals surface area (Å²) in [5, 5.41) is 3.37. The Hall–Kier alpha value is -0.870. The van der Waals surface area contributed by atoms with Crippen LogP contribution in [0.4, 0.5) is 0 Å². The lowest BCUT2D eigenvalue weighted by molar-refractivity contribution is 0.286. The zero-order valence-electron chi connectivity index (χ0n) is 10.7. The molecule has 1 N–H and O–H groups in total. The van der Waals surface area contributed by atoms with E-state index >= 15 is 0 Å². The third-order valence-corrected chi connectivity index (χ3v) is 3.41. The molecule has 1 aliphatic carbocycles. The molecular formula is C13H20ClN3O. The maximum Gasteiger partial charge on any atom is 0.219 e. The maximum absolute atomic E-state index is 5.79. The van der Waals surface area contributed by atoms with Gasteiger partial charge in [-0.1, -0.05) is 0 Å². The molecule has 5 heteroatoms. The van der Waals surface area contributed by atoms with Crippen molar-refractivity contribution in [2.45, 2.75) is 38.7 Å². The van der Waals surface area contributed by atoms with Gasteiger partial charge >= 0.3 is 0 Å². The van der Waals surface area contributed by atoms with E-state index in [-0.39, 0.29) is 12.4 Å². The number of aryl methyl sites for hydroxylation is 1. The third-order valence-electron chi connectivity index (χ3n) is 3.41. The molecule has 2 aliphatic rings. The molecule has 1 aromatic heterocycles. The van der Waals surface area contributed by atoms with Gasteiger partial charge in [-0.05, 0) is 45.2 Å². The van der Waals surface area contributed by atoms with Crippen molar-refractivity contribution < 1.29 is 4.74 Å². The summed E-state index contributed by atoms with van der Waals surface area (Å²) in [6.45, 7) is 4.23. The first-order chi connectivity index (χ1) is 8.31. The Balaban J connectivity index is 0.00000120. The van der Waals surface area contributed by atoms with Gasteiger partial charge < -0.3 is 10.1 Å². The second kappa shape index (κ2) is 5.85. The quantitative estimate of drug-likeness (QED) is 0.907. The van der Waals surface area contributed by atoms with E-state index in [2.05, 4.69) is 15.3 Å². The summed E-state index contributed by atoms with van der Waals surface area (Å²) >= 11 is 0. The first kappa shape index (κ1) is 13.6. The monoisotopic (exact) mass is 269 g/mol. The molecule has 1 saturated heterocycles. The van der Waals surface area contributed by atoms with E-state index in [1.807, 2.05) is 13.1 Å². The Morgan fingerprint density at radius 3 is 2.89 bits per heavy atom. The van der Waals surface area contributed by atoms with Crippen LogP contribution in [0.15, 0.2) is 6.20 Å². The Kier molecular flexibility index (Phi) is 4.40. The van der Waals surface area contributed by atoms with Crippen molar-refractivity contribution >= 4 is 12.4 Å². The van der Waals surface area contributed by atoms with Crippen molar-refractivity contribution in [1.29, 1.82) is 0 Å². The number of nitrogens with zero attached hydrogens (tertiary/aromatic N) is 2. The number of halogens is 1. The van der Waals surface area contributed by atoms with E-state index in [9.17, 15) is 0 Å². The van der Waals surface area contributed by atoms with Gasteiger partial charge in [-0.15, -0.1) is 12.4 Å². The van der Waals surface area contributed by atoms with Crippen molar-refractivity contribution in [2.24, 2.45) is 5.92 Å². The minimum absolute atomic E-state index is 0. The lowest BCUT2D eigenvalue weighted by atomic mass is 10.0. The molecule has 0 bridgehead atoms. The topological polar surface area (TPSA) is 47.0 Å². The average Bonchev–Trinajstić information content (AvgIpc) is 2.98. The summed E-state index contributed by atoms with van der Waals surface area (Å²) in [4.78, 5) is 8.97. The molecule has 3 rings (SSSR count). The number of aromatic nitrogens is 2. The standard InChI is InChI=1S/C13H19N3O.ClH/c1-9-7-15-12(6-10-4-5-14-8-10)16-13(9)17-11-2-3-11;/h7,10-11,14H,2-6,8H2,1H3;1H/t10-;/m0./s1. The molecular weight excluding hydrogens is 250 g/mol. The third kappa shape index (κ3) is 3.33. The fourth-order valence-corrected chi connectivity index (χ4v) is 2.17. The summed E-state index contributed by atoms with van der Waals surface area (Å²) in [5.41, 5.74) is 1.05. The van der Waals surface area contributed by atoms with E-state index in [1.165, 1.54) is 19.3 Å². The molecule has 18 heavy (non-hydrogen) atoms. The Bertz CT molecular complexity index is 403. The number of hydrogen-bond acceptors (Lipinski definition) is 4. The van der Waals surface area contributed by atoms with Crippen LogP contribution in [0.3, 0.4) is 0 Å². The average molecular weight is 270 g/mol. The fourth-order valence-electron chi connectivity index (χ4n) is 2.17. The smallest absolute Gasteiger partial charge is 0.219 e. The predicted octanol–water partition coefficient (Wildman–Crippen LogP) is 1.90. The zero-order valence-corrected chi connectivity index (χ0v) is 11.5. The first-order valence-electron chi connectivity index (χ1n) is 6.51. The van der Waals surface area contributed by atoms with Crippen LogP contribution in [0, 0.1) is 12.8 Å². The van der Waals surface area contributed by atoms with E-state index < -0.39 is 0 Å². The molecule has 4 nitrogen and oxygen atoms in total. The van der Waals surface area contributed by atoms with Crippen LogP contribution < -0.4 is 10.1 Å². The number of hydrogen-bond donors (Lipinski definition) is 1. The molecule has 0 spiro atoms. The number of rotatable bonds is 4. The minimum atomic E-state index is 0. The number of ether oxygens (including phenoxy) is 1. The maximum atomic E-state index is 5.79. The predicted molar refractivity (Wildman–Crippen MR) is 72.3 cm³/mol. The van der Waals surface area contributed by atoms with Crippen LogP contribution in [-0.4, -0.2) is 29.2 Å². The van der Waals surface area contributed by atoms with Gasteiger partial charge in [-0.3, -0.25) is 0 Å². The fraction of sp³-hybridized carbons (Fsp3) is 0.692. The van der Waals surface area contributed by atoms with Crippen LogP contribution in [-0.2, 0) is 6.42 Å². The van der Waals surface area contributed by atoms with Crippen LogP contribution in [0.2, 0.25) is 0 Å². The van der Waals surface area contributed by atoms with Gasteiger partial charge in [0.15, 0.2) is 0 Å². The summed E-state index contributed by atoms with van der Waals surface area (Å²) in [5.74, 6) is 2.41. The lowest BCUT2D eigenvalue weighted by Gasteiger charge is -2.10. The highest BCUT2D eigenvalue weighted by atomic mass is 35.5. The van der Waals surface area contributed by atoms with Gasteiger partial charge in [0.1, 0.15) is 11.9 Å². The summed E-state index contributed by atoms with van der Waals surface area (Å²) in [7, 11) is 0. The SMILES string of the molecule is Cc1cnc(C[C@@H]2CCNC2)nc1OC1CC1.Cl. The minimum Gasteiger partial charge on any atom is -0.474 e. The van der Waals surface area contributed by atoms with Gasteiger partial charge in [-0.25, -0.2) is 4.98 Å². The molecule has 1 saturated carbocycles. The van der Waals surface area contributed by atoms with Gasteiger partial charge in [0, 0.05) is 18.2 Å². The highest BCUT2D eigenvalue weighted by Crippen LogP contribution is 2.27. The van der Waals surface area contributed by atoms with Crippen LogP contribution >= 0.6 is 12.4 Å². The van der Waals surface area contributed by atoms with E-state index in [1.54, 1.807) is 0 Å². The molecule has 0 unspecified atom stereocenters. The summed E-state index contributed by atoms with van der Waals surface area (Å²) < 4.78 is 5.79. The highest BCUT2D eigenvalue weighted by Gasteiger charge is 2.25. The first-order valence-corrected chi connectivity index (χ1v) is 6.51. The van der Waals surface area contributed by atoms with Crippen molar-refractivity contribution in [3.63, 3.8) is 0 Å². The van der Waals surface area contributed by atoms with Crippen LogP contribution in [0.5, 0.6) is 5.88 Å². The lowest BCUT2D eigenvalue weighted by Crippen LogP contribution is -2.13. The highest BCUT2D eigenvalue weighted by molar-refractivity contribution is 5.85. The van der Waals surface area contributed by atoms with Gasteiger partial charge in [0.2, 0.25) is 5.88 Å². The van der Waals surface area contributed by atoms with Crippen molar-refractivity contribution in [1.82, 2.24) is 15.3 Å². The van der Waals surface area contributed by atoms with Crippen molar-refractivity contribution in [2.75, 3.05) is 13.1 Å². The van der Waals surface area contributed by atoms with E-state index in [0.29, 0.717) is 12.0 Å². The largest absolute Gasteiger partial charge is 0.474 e. The summed E-state index contributed by atoms with van der Waals surface area (Å²) in [6.07, 6.45) is 6.84. The van der Waals surface area contributed by atoms with Gasteiger partial charge in [-0.2, -0.15) is 4.98 Å². The van der Waals surface area contributed by atoms with Crippen molar-refractivity contribution in [3.8, 4) is 5.88 Å². The Labute approximate surface area is 114 Å². The van der Waals surface area contributed by atoms with Gasteiger partial charge in [0.05, 0.1) is 0 Å². The van der Waals surface area contributed by atoms with Crippen molar-refractivity contribution in [3.05, 3.63) is 17.6 Å². The molecule has 1 aromatic rings. The second-order valence-electron chi connectivity index (χ2n) is 5.15. The Morgan fingerprint density at radius 1 is 1.39 bits per heavy atom. The van der Waals surface area contributed by atoms with Gasteiger partial charge in [0.25, 0.3) is 0 Å². The van der Waals surface area contributed by atoms with E-state index in [0.717, 1.165) is 36.8 Å². The molecule has 2 heterocycles. The summed E-state index contributed by atoms with van der Waals surface area (Å²) in [6, 6.07) is 0. The Morgan fingerprint density at radius 2 is 2.22 bits per heavy atom. The normalized spacial score (nSPS) is 22.6. The van der Waals surface area contributed by atoms with E-state index in [4.69, 9.17) is 4.74 Å². The molecule has 0 radical (unpaired) electrons. The molecule has 2 fully saturated rings. The van der Waals surface area contributed by atoms with Crippen LogP contribution in [0.1, 0.15) is 30.7 Å². The zero-order chi connectivity index (χ0) is 11.7. The second-order valence-corrected chi connectivity index (χ2v) is 5.15. The molecule has 1 aliphatic heterocycles. The number of nitrogens with one attached hydrogen (secondary N) is 1. The van der Waals surface area contributed by atoms with Crippen LogP contribution in [0.25, 0.3) is 0 Å².